The molecule has 0 saturated heterocycles. The second kappa shape index (κ2) is 7.11. The van der Waals surface area contributed by atoms with Crippen LogP contribution in [0.1, 0.15) is 55.8 Å². The Bertz CT molecular complexity index is 468. The summed E-state index contributed by atoms with van der Waals surface area (Å²) in [6.45, 7) is 2.23. The molecule has 0 radical (unpaired) electrons. The fraction of sp³-hybridized carbons (Fsp3) is 0.562. The van der Waals surface area contributed by atoms with E-state index in [-0.39, 0.29) is 17.7 Å². The summed E-state index contributed by atoms with van der Waals surface area (Å²) in [6, 6.07) is 5.22. The zero-order valence-corrected chi connectivity index (χ0v) is 13.4. The minimum atomic E-state index is -0.172. The lowest BCUT2D eigenvalue weighted by molar-refractivity contribution is 0.0918. The van der Waals surface area contributed by atoms with E-state index in [0.717, 1.165) is 23.2 Å². The molecule has 0 aromatic heterocycles. The van der Waals surface area contributed by atoms with Gasteiger partial charge in [0.2, 0.25) is 0 Å². The Morgan fingerprint density at radius 3 is 2.65 bits per heavy atom. The van der Waals surface area contributed by atoms with Crippen LogP contribution in [0.4, 0.5) is 0 Å². The zero-order valence-electron chi connectivity index (χ0n) is 11.9. The number of carbonyl (C=O) groups excluding carboxylic acids is 1. The van der Waals surface area contributed by atoms with E-state index in [9.17, 15) is 9.90 Å². The fourth-order valence-electron chi connectivity index (χ4n) is 2.96. The van der Waals surface area contributed by atoms with E-state index in [2.05, 4.69) is 28.2 Å². The predicted molar refractivity (Wildman–Crippen MR) is 83.9 cm³/mol. The van der Waals surface area contributed by atoms with Crippen LogP contribution in [0.25, 0.3) is 0 Å². The Morgan fingerprint density at radius 1 is 1.35 bits per heavy atom. The maximum Gasteiger partial charge on any atom is 0.255 e. The van der Waals surface area contributed by atoms with Gasteiger partial charge in [-0.2, -0.15) is 0 Å². The van der Waals surface area contributed by atoms with Crippen LogP contribution in [0.3, 0.4) is 0 Å². The molecule has 1 aromatic carbocycles. The Labute approximate surface area is 128 Å². The average Bonchev–Trinajstić information content (AvgIpc) is 2.41. The molecule has 0 heterocycles. The molecule has 20 heavy (non-hydrogen) atoms. The number of amides is 1. The summed E-state index contributed by atoms with van der Waals surface area (Å²) in [5, 5.41) is 12.9. The molecule has 0 bridgehead atoms. The number of rotatable bonds is 4. The topological polar surface area (TPSA) is 49.3 Å². The van der Waals surface area contributed by atoms with Crippen LogP contribution in [0.5, 0.6) is 5.75 Å². The summed E-state index contributed by atoms with van der Waals surface area (Å²) < 4.78 is 0.770. The van der Waals surface area contributed by atoms with Crippen molar-refractivity contribution in [1.82, 2.24) is 5.32 Å². The van der Waals surface area contributed by atoms with Gasteiger partial charge in [-0.1, -0.05) is 35.7 Å². The first-order chi connectivity index (χ1) is 9.60. The Balaban J connectivity index is 1.89. The second-order valence-electron chi connectivity index (χ2n) is 5.64. The van der Waals surface area contributed by atoms with Gasteiger partial charge in [0, 0.05) is 10.5 Å². The number of phenolic OH excluding ortho intramolecular Hbond substituents is 1. The van der Waals surface area contributed by atoms with Crippen molar-refractivity contribution >= 4 is 21.8 Å². The monoisotopic (exact) mass is 339 g/mol. The lowest BCUT2D eigenvalue weighted by Gasteiger charge is -2.29. The van der Waals surface area contributed by atoms with Crippen molar-refractivity contribution in [1.29, 1.82) is 0 Å². The van der Waals surface area contributed by atoms with Crippen LogP contribution in [-0.4, -0.2) is 17.1 Å². The Hall–Kier alpha value is -1.03. The van der Waals surface area contributed by atoms with Gasteiger partial charge in [0.05, 0.1) is 5.56 Å². The summed E-state index contributed by atoms with van der Waals surface area (Å²) in [7, 11) is 0. The molecule has 1 aliphatic rings. The third-order valence-corrected chi connectivity index (χ3v) is 4.58. The molecule has 0 unspecified atom stereocenters. The number of hydrogen-bond donors (Lipinski definition) is 2. The maximum atomic E-state index is 12.2. The largest absolute Gasteiger partial charge is 0.507 e. The summed E-state index contributed by atoms with van der Waals surface area (Å²) in [6.07, 6.45) is 7.04. The summed E-state index contributed by atoms with van der Waals surface area (Å²) in [4.78, 5) is 12.2. The van der Waals surface area contributed by atoms with E-state index in [1.165, 1.54) is 25.7 Å². The highest BCUT2D eigenvalue weighted by Gasteiger charge is 2.23. The molecular weight excluding hydrogens is 318 g/mol. The van der Waals surface area contributed by atoms with Crippen molar-refractivity contribution in [2.75, 3.05) is 0 Å². The van der Waals surface area contributed by atoms with E-state index in [0.29, 0.717) is 5.56 Å². The molecule has 4 heteroatoms. The van der Waals surface area contributed by atoms with E-state index in [1.54, 1.807) is 18.2 Å². The molecule has 0 aliphatic heterocycles. The van der Waals surface area contributed by atoms with E-state index >= 15 is 0 Å². The van der Waals surface area contributed by atoms with Gasteiger partial charge >= 0.3 is 0 Å². The Kier molecular flexibility index (Phi) is 5.46. The molecule has 1 aliphatic carbocycles. The van der Waals surface area contributed by atoms with Crippen molar-refractivity contribution in [3.63, 3.8) is 0 Å². The molecule has 1 amide bonds. The summed E-state index contributed by atoms with van der Waals surface area (Å²) in [5.41, 5.74) is 0.351. The van der Waals surface area contributed by atoms with Crippen LogP contribution in [0.2, 0.25) is 0 Å². The highest BCUT2D eigenvalue weighted by molar-refractivity contribution is 9.10. The molecular formula is C16H22BrNO2. The first kappa shape index (κ1) is 15.4. The van der Waals surface area contributed by atoms with Crippen molar-refractivity contribution in [3.05, 3.63) is 28.2 Å². The lowest BCUT2D eigenvalue weighted by atomic mass is 9.83. The number of nitrogens with one attached hydrogen (secondary N) is 1. The molecule has 2 rings (SSSR count). The maximum absolute atomic E-state index is 12.2. The van der Waals surface area contributed by atoms with Gasteiger partial charge in [-0.15, -0.1) is 0 Å². The number of phenols is 1. The van der Waals surface area contributed by atoms with Crippen molar-refractivity contribution < 1.29 is 9.90 Å². The highest BCUT2D eigenvalue weighted by Crippen LogP contribution is 2.28. The lowest BCUT2D eigenvalue weighted by Crippen LogP contribution is -2.37. The molecule has 2 N–H and O–H groups in total. The molecule has 1 aromatic rings. The minimum Gasteiger partial charge on any atom is -0.507 e. The van der Waals surface area contributed by atoms with Crippen molar-refractivity contribution in [3.8, 4) is 5.75 Å². The van der Waals surface area contributed by atoms with Crippen molar-refractivity contribution in [2.45, 2.75) is 51.5 Å². The summed E-state index contributed by atoms with van der Waals surface area (Å²) in [5.74, 6) is 0.680. The zero-order chi connectivity index (χ0) is 14.5. The van der Waals surface area contributed by atoms with Gasteiger partial charge in [-0.05, 0) is 49.8 Å². The number of carbonyl (C=O) groups is 1. The SMILES string of the molecule is CCCC1CCC(NC(=O)c2ccc(Br)cc2O)CC1. The van der Waals surface area contributed by atoms with Crippen LogP contribution < -0.4 is 5.32 Å². The fourth-order valence-corrected chi connectivity index (χ4v) is 3.31. The van der Waals surface area contributed by atoms with E-state index in [1.807, 2.05) is 0 Å². The third-order valence-electron chi connectivity index (χ3n) is 4.08. The molecule has 1 fully saturated rings. The molecule has 110 valence electrons. The minimum absolute atomic E-state index is 0.0246. The van der Waals surface area contributed by atoms with Crippen LogP contribution in [0, 0.1) is 5.92 Å². The molecule has 0 atom stereocenters. The van der Waals surface area contributed by atoms with Gasteiger partial charge < -0.3 is 10.4 Å². The standard InChI is InChI=1S/C16H22BrNO2/c1-2-3-11-4-7-13(8-5-11)18-16(20)14-9-6-12(17)10-15(14)19/h6,9-11,13,19H,2-5,7-8H2,1H3,(H,18,20). The Morgan fingerprint density at radius 2 is 2.05 bits per heavy atom. The predicted octanol–water partition coefficient (Wildman–Crippen LogP) is 4.24. The van der Waals surface area contributed by atoms with Crippen LogP contribution >= 0.6 is 15.9 Å². The number of hydrogen-bond acceptors (Lipinski definition) is 2. The molecule has 1 saturated carbocycles. The quantitative estimate of drug-likeness (QED) is 0.861. The average molecular weight is 340 g/mol. The number of benzene rings is 1. The van der Waals surface area contributed by atoms with Gasteiger partial charge in [-0.25, -0.2) is 0 Å². The number of aromatic hydroxyl groups is 1. The number of halogens is 1. The second-order valence-corrected chi connectivity index (χ2v) is 6.56. The van der Waals surface area contributed by atoms with Gasteiger partial charge in [0.15, 0.2) is 0 Å². The first-order valence-electron chi connectivity index (χ1n) is 7.39. The van der Waals surface area contributed by atoms with Crippen LogP contribution in [0.15, 0.2) is 22.7 Å². The van der Waals surface area contributed by atoms with E-state index < -0.39 is 0 Å². The van der Waals surface area contributed by atoms with Crippen LogP contribution in [-0.2, 0) is 0 Å². The normalized spacial score (nSPS) is 22.5. The van der Waals surface area contributed by atoms with Gasteiger partial charge in [0.25, 0.3) is 5.91 Å². The summed E-state index contributed by atoms with van der Waals surface area (Å²) >= 11 is 3.27. The van der Waals surface area contributed by atoms with Gasteiger partial charge in [0.1, 0.15) is 5.75 Å². The van der Waals surface area contributed by atoms with E-state index in [4.69, 9.17) is 0 Å². The smallest absolute Gasteiger partial charge is 0.255 e. The van der Waals surface area contributed by atoms with Gasteiger partial charge in [-0.3, -0.25) is 4.79 Å². The molecule has 3 nitrogen and oxygen atoms in total. The molecule has 0 spiro atoms. The first-order valence-corrected chi connectivity index (χ1v) is 8.18. The van der Waals surface area contributed by atoms with Crippen molar-refractivity contribution in [2.24, 2.45) is 5.92 Å². The third kappa shape index (κ3) is 3.98. The highest BCUT2D eigenvalue weighted by atomic mass is 79.9.